The molecule has 0 saturated carbocycles. The number of rotatable bonds is 2. The molecule has 2 aliphatic carbocycles. The summed E-state index contributed by atoms with van der Waals surface area (Å²) in [6.45, 7) is 0. The number of pyridine rings is 4. The molecule has 0 aliphatic heterocycles. The van der Waals surface area contributed by atoms with Crippen LogP contribution in [0.25, 0.3) is 132 Å². The minimum Gasteiger partial charge on any atom is -0.236 e. The van der Waals surface area contributed by atoms with Gasteiger partial charge in [-0.2, -0.15) is 0 Å². The molecule has 0 spiro atoms. The molecule has 0 amide bonds. The van der Waals surface area contributed by atoms with E-state index in [1.807, 2.05) is 12.4 Å². The van der Waals surface area contributed by atoms with Crippen LogP contribution in [0.5, 0.6) is 0 Å². The van der Waals surface area contributed by atoms with Gasteiger partial charge in [-0.25, -0.2) is 19.9 Å². The summed E-state index contributed by atoms with van der Waals surface area (Å²) >= 11 is 0. The number of fused-ring (bicyclic) bond motifs is 10. The Labute approximate surface area is 309 Å². The van der Waals surface area contributed by atoms with Gasteiger partial charge >= 0.3 is 0 Å². The maximum atomic E-state index is 5.15. The Morgan fingerprint density at radius 2 is 0.704 bits per heavy atom. The van der Waals surface area contributed by atoms with E-state index in [1.165, 1.54) is 87.6 Å². The standard InChI is InChI=1S/C50H26N4/c1-2-14-34-33(13-1)45(31-21-29-23-41-37-17-5-9-27-11-7-19-39(43(27)37)47(41)53-49(29)51-25-31)35-15-3-4-16-36(35)46(34)32-22-30-24-42-38-18-6-10-28-12-8-20-40(44(28)38)48(42)54-50(30)52-26-32/h1-26H. The molecule has 7 aromatic carbocycles. The first kappa shape index (κ1) is 28.3. The molecule has 0 N–H and O–H groups in total. The van der Waals surface area contributed by atoms with Gasteiger partial charge in [-0.05, 0) is 89.6 Å². The molecule has 0 atom stereocenters. The zero-order valence-electron chi connectivity index (χ0n) is 28.8. The first-order valence-electron chi connectivity index (χ1n) is 18.4. The Morgan fingerprint density at radius 3 is 1.11 bits per heavy atom. The monoisotopic (exact) mass is 682 g/mol. The summed E-state index contributed by atoms with van der Waals surface area (Å²) in [5, 5.41) is 11.8. The molecule has 0 bridgehead atoms. The Kier molecular flexibility index (Phi) is 5.34. The second kappa shape index (κ2) is 10.2. The zero-order valence-corrected chi connectivity index (χ0v) is 28.8. The van der Waals surface area contributed by atoms with E-state index in [2.05, 4.69) is 146 Å². The van der Waals surface area contributed by atoms with Gasteiger partial charge < -0.3 is 0 Å². The van der Waals surface area contributed by atoms with E-state index in [0.717, 1.165) is 44.6 Å². The second-order valence-electron chi connectivity index (χ2n) is 14.6. The maximum absolute atomic E-state index is 5.15. The Morgan fingerprint density at radius 1 is 0.315 bits per heavy atom. The molecule has 0 saturated heterocycles. The van der Waals surface area contributed by atoms with Gasteiger partial charge in [0.1, 0.15) is 0 Å². The number of nitrogens with zero attached hydrogens (tertiary/aromatic N) is 4. The third-order valence-corrected chi connectivity index (χ3v) is 11.7. The van der Waals surface area contributed by atoms with Crippen molar-refractivity contribution >= 4 is 65.2 Å². The highest BCUT2D eigenvalue weighted by atomic mass is 14.9. The van der Waals surface area contributed by atoms with E-state index < -0.39 is 0 Å². The third kappa shape index (κ3) is 3.66. The fraction of sp³-hybridized carbons (Fsp3) is 0. The molecule has 4 heteroatoms. The summed E-state index contributed by atoms with van der Waals surface area (Å²) in [6, 6.07) is 52.6. The molecule has 13 rings (SSSR count). The summed E-state index contributed by atoms with van der Waals surface area (Å²) in [5.41, 5.74) is 15.2. The lowest BCUT2D eigenvalue weighted by molar-refractivity contribution is 1.30. The van der Waals surface area contributed by atoms with Crippen molar-refractivity contribution in [1.82, 2.24) is 19.9 Å². The van der Waals surface area contributed by atoms with E-state index in [-0.39, 0.29) is 0 Å². The van der Waals surface area contributed by atoms with Crippen LogP contribution in [0, 0.1) is 0 Å². The SMILES string of the molecule is c1cc2c3c(cccc3c1)-c1nc3ncc(-c4c5ccccc5c(-c5cnc6nc7c(cc6c5)-c5cccc6cccc-7c56)c5ccccc45)cc3cc1-2. The van der Waals surface area contributed by atoms with Crippen molar-refractivity contribution in [1.29, 1.82) is 0 Å². The Balaban J connectivity index is 1.02. The van der Waals surface area contributed by atoms with Crippen LogP contribution in [0.3, 0.4) is 0 Å². The van der Waals surface area contributed by atoms with Crippen LogP contribution < -0.4 is 0 Å². The van der Waals surface area contributed by atoms with Crippen molar-refractivity contribution in [2.75, 3.05) is 0 Å². The first-order valence-corrected chi connectivity index (χ1v) is 18.4. The Bertz CT molecular complexity index is 3210. The molecule has 54 heavy (non-hydrogen) atoms. The lowest BCUT2D eigenvalue weighted by Gasteiger charge is -2.18. The summed E-state index contributed by atoms with van der Waals surface area (Å²) in [4.78, 5) is 20.3. The van der Waals surface area contributed by atoms with Crippen molar-refractivity contribution < 1.29 is 0 Å². The van der Waals surface area contributed by atoms with E-state index in [9.17, 15) is 0 Å². The molecular formula is C50H26N4. The van der Waals surface area contributed by atoms with Gasteiger partial charge in [0.05, 0.1) is 11.4 Å². The van der Waals surface area contributed by atoms with Crippen LogP contribution in [0.1, 0.15) is 0 Å². The molecule has 0 unspecified atom stereocenters. The number of hydrogen-bond acceptors (Lipinski definition) is 4. The summed E-state index contributed by atoms with van der Waals surface area (Å²) in [6.07, 6.45) is 4.00. The van der Waals surface area contributed by atoms with Crippen LogP contribution in [-0.4, -0.2) is 19.9 Å². The topological polar surface area (TPSA) is 51.6 Å². The lowest BCUT2D eigenvalue weighted by atomic mass is 9.86. The zero-order chi connectivity index (χ0) is 35.1. The van der Waals surface area contributed by atoms with Crippen molar-refractivity contribution in [2.45, 2.75) is 0 Å². The summed E-state index contributed by atoms with van der Waals surface area (Å²) in [7, 11) is 0. The highest BCUT2D eigenvalue weighted by Crippen LogP contribution is 2.50. The van der Waals surface area contributed by atoms with Gasteiger partial charge in [0.25, 0.3) is 0 Å². The normalized spacial score (nSPS) is 12.4. The Hall–Kier alpha value is -7.30. The average molecular weight is 683 g/mol. The van der Waals surface area contributed by atoms with Crippen molar-refractivity contribution in [3.8, 4) is 67.0 Å². The first-order chi connectivity index (χ1) is 26.8. The van der Waals surface area contributed by atoms with E-state index in [1.54, 1.807) is 0 Å². The number of hydrogen-bond donors (Lipinski definition) is 0. The lowest BCUT2D eigenvalue weighted by Crippen LogP contribution is -1.94. The molecule has 0 fully saturated rings. The largest absolute Gasteiger partial charge is 0.236 e. The fourth-order valence-corrected chi connectivity index (χ4v) is 9.50. The van der Waals surface area contributed by atoms with Gasteiger partial charge in [0, 0.05) is 56.5 Å². The van der Waals surface area contributed by atoms with Crippen LogP contribution in [0.15, 0.2) is 158 Å². The maximum Gasteiger partial charge on any atom is 0.159 e. The van der Waals surface area contributed by atoms with Crippen molar-refractivity contribution in [3.63, 3.8) is 0 Å². The van der Waals surface area contributed by atoms with Crippen LogP contribution in [-0.2, 0) is 0 Å². The van der Waals surface area contributed by atoms with Crippen molar-refractivity contribution in [2.24, 2.45) is 0 Å². The second-order valence-corrected chi connectivity index (χ2v) is 14.6. The molecule has 4 heterocycles. The molecule has 4 nitrogen and oxygen atoms in total. The molecule has 4 aromatic heterocycles. The molecule has 2 aliphatic rings. The molecular weight excluding hydrogens is 657 g/mol. The molecule has 246 valence electrons. The van der Waals surface area contributed by atoms with Crippen LogP contribution in [0.2, 0.25) is 0 Å². The van der Waals surface area contributed by atoms with Crippen LogP contribution >= 0.6 is 0 Å². The van der Waals surface area contributed by atoms with Gasteiger partial charge in [0.15, 0.2) is 11.3 Å². The third-order valence-electron chi connectivity index (χ3n) is 11.7. The van der Waals surface area contributed by atoms with Gasteiger partial charge in [-0.1, -0.05) is 121 Å². The number of benzene rings is 7. The average Bonchev–Trinajstić information content (AvgIpc) is 3.71. The van der Waals surface area contributed by atoms with Crippen LogP contribution in [0.4, 0.5) is 0 Å². The van der Waals surface area contributed by atoms with E-state index in [0.29, 0.717) is 0 Å². The minimum absolute atomic E-state index is 0.759. The molecule has 11 aromatic rings. The van der Waals surface area contributed by atoms with Crippen molar-refractivity contribution in [3.05, 3.63) is 158 Å². The van der Waals surface area contributed by atoms with Gasteiger partial charge in [0.2, 0.25) is 0 Å². The quantitative estimate of drug-likeness (QED) is 0.170. The van der Waals surface area contributed by atoms with Gasteiger partial charge in [-0.15, -0.1) is 0 Å². The predicted molar refractivity (Wildman–Crippen MR) is 222 cm³/mol. The summed E-state index contributed by atoms with van der Waals surface area (Å²) < 4.78 is 0. The predicted octanol–water partition coefficient (Wildman–Crippen LogP) is 12.8. The molecule has 0 radical (unpaired) electrons. The number of aromatic nitrogens is 4. The summed E-state index contributed by atoms with van der Waals surface area (Å²) in [5.74, 6) is 0. The smallest absolute Gasteiger partial charge is 0.159 e. The highest BCUT2D eigenvalue weighted by Gasteiger charge is 2.26. The minimum atomic E-state index is 0.759. The highest BCUT2D eigenvalue weighted by molar-refractivity contribution is 6.22. The van der Waals surface area contributed by atoms with E-state index in [4.69, 9.17) is 19.9 Å². The van der Waals surface area contributed by atoms with E-state index >= 15 is 0 Å². The van der Waals surface area contributed by atoms with Gasteiger partial charge in [-0.3, -0.25) is 0 Å². The fourth-order valence-electron chi connectivity index (χ4n) is 9.50.